The minimum absolute atomic E-state index is 0.00971. The maximum Gasteiger partial charge on any atom is 0.291 e. The number of nitrogens with one attached hydrogen (secondary N) is 3. The third-order valence-corrected chi connectivity index (χ3v) is 4.57. The molecule has 2 aromatic rings. The van der Waals surface area contributed by atoms with Crippen LogP contribution >= 0.6 is 11.6 Å². The Kier molecular flexibility index (Phi) is 8.38. The Morgan fingerprint density at radius 1 is 1.23 bits per heavy atom. The monoisotopic (exact) mass is 453 g/mol. The Morgan fingerprint density at radius 3 is 2.48 bits per heavy atom. The lowest BCUT2D eigenvalue weighted by atomic mass is 10.0. The zero-order valence-corrected chi connectivity index (χ0v) is 17.9. The second-order valence-corrected chi connectivity index (χ2v) is 7.79. The zero-order chi connectivity index (χ0) is 23.1. The first kappa shape index (κ1) is 24.1. The van der Waals surface area contributed by atoms with E-state index < -0.39 is 35.3 Å². The number of hydrazine groups is 1. The Bertz CT molecular complexity index is 929. The summed E-state index contributed by atoms with van der Waals surface area (Å²) in [6, 6.07) is 7.92. The quantitative estimate of drug-likeness (QED) is 0.338. The van der Waals surface area contributed by atoms with Crippen LogP contribution in [0, 0.1) is 5.92 Å². The van der Waals surface area contributed by atoms with E-state index in [4.69, 9.17) is 17.3 Å². The number of para-hydroxylation sites is 1. The Hall–Kier alpha value is -3.14. The molecule has 2 atom stereocenters. The first-order valence-electron chi connectivity index (χ1n) is 9.65. The minimum Gasteiger partial charge on any atom is -0.370 e. The van der Waals surface area contributed by atoms with E-state index in [1.165, 1.54) is 0 Å². The number of carbonyl (C=O) groups is 4. The molecule has 1 unspecified atom stereocenters. The molecule has 0 fully saturated rings. The van der Waals surface area contributed by atoms with Gasteiger partial charge in [0.05, 0.1) is 6.54 Å². The highest BCUT2D eigenvalue weighted by molar-refractivity contribution is 6.29. The van der Waals surface area contributed by atoms with Crippen molar-refractivity contribution in [3.05, 3.63) is 36.0 Å². The van der Waals surface area contributed by atoms with E-state index in [1.54, 1.807) is 6.07 Å². The number of hydrogen-bond donors (Lipinski definition) is 4. The summed E-state index contributed by atoms with van der Waals surface area (Å²) in [5.74, 6) is -3.26. The van der Waals surface area contributed by atoms with Crippen LogP contribution in [0.3, 0.4) is 0 Å². The van der Waals surface area contributed by atoms with E-state index in [-0.39, 0.29) is 31.0 Å². The lowest BCUT2D eigenvalue weighted by Gasteiger charge is -2.27. The van der Waals surface area contributed by atoms with Crippen LogP contribution in [-0.4, -0.2) is 51.8 Å². The molecule has 1 aromatic heterocycles. The number of primary amides is 1. The standard InChI is InChI=1S/C20H25ClFN5O4/c1-11(2)9-14(19(30)26-27(8-7-16(23)28)20(31)17(21)22)25-18(29)15-10-12-5-3-4-6-13(12)24-15/h3-6,10-11,14,17,24H,7-9H2,1-2H3,(H2,23,28)(H,25,29)(H,26,30)/t14-,17?/m0/s1. The van der Waals surface area contributed by atoms with Gasteiger partial charge in [-0.15, -0.1) is 0 Å². The number of H-pyrrole nitrogens is 1. The number of nitrogens with zero attached hydrogens (tertiary/aromatic N) is 1. The molecule has 0 aliphatic rings. The summed E-state index contributed by atoms with van der Waals surface area (Å²) in [6.07, 6.45) is -0.0680. The van der Waals surface area contributed by atoms with E-state index in [1.807, 2.05) is 38.1 Å². The molecule has 9 nitrogen and oxygen atoms in total. The number of aromatic amines is 1. The smallest absolute Gasteiger partial charge is 0.291 e. The summed E-state index contributed by atoms with van der Waals surface area (Å²) < 4.78 is 13.3. The number of alkyl halides is 2. The van der Waals surface area contributed by atoms with E-state index in [2.05, 4.69) is 15.7 Å². The molecule has 5 N–H and O–H groups in total. The Morgan fingerprint density at radius 2 is 1.90 bits per heavy atom. The molecule has 168 valence electrons. The molecule has 0 spiro atoms. The largest absolute Gasteiger partial charge is 0.370 e. The van der Waals surface area contributed by atoms with Crippen molar-refractivity contribution in [2.45, 2.75) is 38.4 Å². The van der Waals surface area contributed by atoms with Crippen LogP contribution in [0.1, 0.15) is 37.2 Å². The van der Waals surface area contributed by atoms with E-state index in [0.717, 1.165) is 10.9 Å². The van der Waals surface area contributed by atoms with Crippen molar-refractivity contribution in [1.29, 1.82) is 0 Å². The molecule has 0 saturated carbocycles. The molecule has 11 heteroatoms. The molecule has 31 heavy (non-hydrogen) atoms. The van der Waals surface area contributed by atoms with Gasteiger partial charge in [0.2, 0.25) is 5.91 Å². The van der Waals surface area contributed by atoms with Crippen molar-refractivity contribution in [2.75, 3.05) is 6.54 Å². The normalized spacial score (nSPS) is 12.9. The van der Waals surface area contributed by atoms with Gasteiger partial charge in [-0.25, -0.2) is 9.40 Å². The summed E-state index contributed by atoms with van der Waals surface area (Å²) in [5, 5.41) is 4.05. The maximum atomic E-state index is 13.3. The van der Waals surface area contributed by atoms with Gasteiger partial charge in [-0.1, -0.05) is 43.6 Å². The van der Waals surface area contributed by atoms with Crippen molar-refractivity contribution in [1.82, 2.24) is 20.7 Å². The van der Waals surface area contributed by atoms with Gasteiger partial charge >= 0.3 is 0 Å². The van der Waals surface area contributed by atoms with Crippen LogP contribution in [0.25, 0.3) is 10.9 Å². The number of benzene rings is 1. The van der Waals surface area contributed by atoms with Crippen LogP contribution in [0.2, 0.25) is 0 Å². The number of nitrogens with two attached hydrogens (primary N) is 1. The predicted octanol–water partition coefficient (Wildman–Crippen LogP) is 1.58. The average molecular weight is 454 g/mol. The van der Waals surface area contributed by atoms with Crippen molar-refractivity contribution >= 4 is 46.1 Å². The molecule has 0 aliphatic heterocycles. The number of halogens is 2. The van der Waals surface area contributed by atoms with E-state index >= 15 is 0 Å². The molecular formula is C20H25ClFN5O4. The summed E-state index contributed by atoms with van der Waals surface area (Å²) in [5.41, 5.74) is 5.89. The Labute approximate surface area is 183 Å². The van der Waals surface area contributed by atoms with E-state index in [9.17, 15) is 23.6 Å². The molecule has 4 amide bonds. The second kappa shape index (κ2) is 10.8. The van der Waals surface area contributed by atoms with Crippen LogP contribution < -0.4 is 16.5 Å². The third kappa shape index (κ3) is 6.95. The zero-order valence-electron chi connectivity index (χ0n) is 17.2. The maximum absolute atomic E-state index is 13.3. The number of amides is 4. The van der Waals surface area contributed by atoms with Gasteiger partial charge in [0.1, 0.15) is 11.7 Å². The topological polar surface area (TPSA) is 137 Å². The fourth-order valence-electron chi connectivity index (χ4n) is 2.91. The predicted molar refractivity (Wildman–Crippen MR) is 113 cm³/mol. The molecule has 0 radical (unpaired) electrons. The highest BCUT2D eigenvalue weighted by Gasteiger charge is 2.29. The average Bonchev–Trinajstić information content (AvgIpc) is 3.13. The molecule has 0 saturated heterocycles. The van der Waals surface area contributed by atoms with Crippen LogP contribution in [-0.2, 0) is 14.4 Å². The van der Waals surface area contributed by atoms with Gasteiger partial charge in [0.25, 0.3) is 23.4 Å². The molecule has 1 heterocycles. The SMILES string of the molecule is CC(C)C[C@H](NC(=O)c1cc2ccccc2[nH]1)C(=O)NN(CCC(N)=O)C(=O)C(F)Cl. The van der Waals surface area contributed by atoms with Crippen molar-refractivity contribution in [2.24, 2.45) is 11.7 Å². The number of carbonyl (C=O) groups excluding carboxylic acids is 4. The van der Waals surface area contributed by atoms with Gasteiger partial charge in [-0.2, -0.15) is 0 Å². The number of hydrogen-bond acceptors (Lipinski definition) is 4. The summed E-state index contributed by atoms with van der Waals surface area (Å²) in [6.45, 7) is 3.33. The first-order valence-corrected chi connectivity index (χ1v) is 10.1. The highest BCUT2D eigenvalue weighted by atomic mass is 35.5. The van der Waals surface area contributed by atoms with Gasteiger partial charge < -0.3 is 16.0 Å². The molecule has 2 rings (SSSR count). The number of fused-ring (bicyclic) bond motifs is 1. The van der Waals surface area contributed by atoms with E-state index in [0.29, 0.717) is 5.01 Å². The van der Waals surface area contributed by atoms with Gasteiger partial charge in [0, 0.05) is 17.3 Å². The lowest BCUT2D eigenvalue weighted by molar-refractivity contribution is -0.144. The number of rotatable bonds is 9. The fraction of sp³-hybridized carbons (Fsp3) is 0.400. The van der Waals surface area contributed by atoms with Crippen molar-refractivity contribution in [3.8, 4) is 0 Å². The molecule has 0 aliphatic carbocycles. The van der Waals surface area contributed by atoms with Gasteiger partial charge in [0.15, 0.2) is 0 Å². The Balaban J connectivity index is 2.16. The highest BCUT2D eigenvalue weighted by Crippen LogP contribution is 2.15. The van der Waals surface area contributed by atoms with Crippen LogP contribution in [0.5, 0.6) is 0 Å². The third-order valence-electron chi connectivity index (χ3n) is 4.38. The minimum atomic E-state index is -2.42. The van der Waals surface area contributed by atoms with Gasteiger partial charge in [-0.3, -0.25) is 24.6 Å². The molecular weight excluding hydrogens is 429 g/mol. The molecule has 1 aromatic carbocycles. The van der Waals surface area contributed by atoms with Crippen molar-refractivity contribution in [3.63, 3.8) is 0 Å². The fourth-order valence-corrected chi connectivity index (χ4v) is 3.02. The van der Waals surface area contributed by atoms with Crippen LogP contribution in [0.15, 0.2) is 30.3 Å². The summed E-state index contributed by atoms with van der Waals surface area (Å²) in [4.78, 5) is 51.4. The summed E-state index contributed by atoms with van der Waals surface area (Å²) >= 11 is 5.19. The molecule has 0 bridgehead atoms. The van der Waals surface area contributed by atoms with Crippen molar-refractivity contribution < 1.29 is 23.6 Å². The lowest BCUT2D eigenvalue weighted by Crippen LogP contribution is -2.56. The number of aromatic nitrogens is 1. The summed E-state index contributed by atoms with van der Waals surface area (Å²) in [7, 11) is 0. The second-order valence-electron chi connectivity index (χ2n) is 7.41. The first-order chi connectivity index (χ1) is 14.6. The van der Waals surface area contributed by atoms with Gasteiger partial charge in [-0.05, 0) is 24.5 Å². The van der Waals surface area contributed by atoms with Crippen LogP contribution in [0.4, 0.5) is 4.39 Å².